The molecule has 2 heteroatoms. The highest BCUT2D eigenvalue weighted by atomic mass is 15.2. The van der Waals surface area contributed by atoms with Crippen LogP contribution in [0.3, 0.4) is 0 Å². The Morgan fingerprint density at radius 1 is 1.05 bits per heavy atom. The van der Waals surface area contributed by atoms with Crippen LogP contribution in [-0.4, -0.2) is 36.6 Å². The van der Waals surface area contributed by atoms with E-state index in [1.807, 2.05) is 0 Å². The highest BCUT2D eigenvalue weighted by molar-refractivity contribution is 4.94. The van der Waals surface area contributed by atoms with Crippen molar-refractivity contribution < 1.29 is 0 Å². The van der Waals surface area contributed by atoms with E-state index in [2.05, 4.69) is 44.8 Å². The van der Waals surface area contributed by atoms with E-state index in [9.17, 15) is 0 Å². The van der Waals surface area contributed by atoms with E-state index in [4.69, 9.17) is 0 Å². The van der Waals surface area contributed by atoms with Gasteiger partial charge in [-0.2, -0.15) is 0 Å². The Bertz CT molecular complexity index is 248. The van der Waals surface area contributed by atoms with Gasteiger partial charge in [-0.3, -0.25) is 4.90 Å². The first-order chi connectivity index (χ1) is 9.66. The molecule has 0 aromatic carbocycles. The quantitative estimate of drug-likeness (QED) is 0.637. The first kappa shape index (κ1) is 18.0. The molecular weight excluding hydrogens is 244 g/mol. The van der Waals surface area contributed by atoms with Crippen LogP contribution in [0.2, 0.25) is 0 Å². The summed E-state index contributed by atoms with van der Waals surface area (Å²) in [5.41, 5.74) is 0.606. The lowest BCUT2D eigenvalue weighted by molar-refractivity contribution is 0.151. The summed E-state index contributed by atoms with van der Waals surface area (Å²) in [6, 6.07) is 1.43. The molecule has 1 saturated heterocycles. The Labute approximate surface area is 127 Å². The van der Waals surface area contributed by atoms with Gasteiger partial charge >= 0.3 is 0 Å². The van der Waals surface area contributed by atoms with Crippen molar-refractivity contribution in [2.75, 3.05) is 19.6 Å². The van der Waals surface area contributed by atoms with E-state index in [1.54, 1.807) is 0 Å². The molecule has 2 unspecified atom stereocenters. The second kappa shape index (κ2) is 9.04. The van der Waals surface area contributed by atoms with Crippen LogP contribution in [0.15, 0.2) is 0 Å². The maximum atomic E-state index is 3.82. The maximum Gasteiger partial charge on any atom is 0.0246 e. The van der Waals surface area contributed by atoms with Crippen molar-refractivity contribution in [1.29, 1.82) is 0 Å². The van der Waals surface area contributed by atoms with Crippen LogP contribution in [0.5, 0.6) is 0 Å². The Morgan fingerprint density at radius 3 is 2.20 bits per heavy atom. The molecule has 0 aromatic rings. The van der Waals surface area contributed by atoms with Crippen molar-refractivity contribution in [3.8, 4) is 0 Å². The van der Waals surface area contributed by atoms with Crippen LogP contribution in [0.4, 0.5) is 0 Å². The van der Waals surface area contributed by atoms with Crippen LogP contribution in [0.1, 0.15) is 79.6 Å². The number of hydrogen-bond donors (Lipinski definition) is 1. The van der Waals surface area contributed by atoms with Crippen LogP contribution < -0.4 is 5.32 Å². The summed E-state index contributed by atoms with van der Waals surface area (Å²) in [5.74, 6) is 0. The topological polar surface area (TPSA) is 15.3 Å². The van der Waals surface area contributed by atoms with Crippen molar-refractivity contribution in [3.05, 3.63) is 0 Å². The first-order valence-electron chi connectivity index (χ1n) is 9.13. The number of nitrogens with one attached hydrogen (secondary N) is 1. The van der Waals surface area contributed by atoms with E-state index >= 15 is 0 Å². The number of likely N-dealkylation sites (tertiary alicyclic amines) is 1. The Hall–Kier alpha value is -0.0800. The van der Waals surface area contributed by atoms with E-state index in [1.165, 1.54) is 64.6 Å². The fourth-order valence-electron chi connectivity index (χ4n) is 3.95. The Morgan fingerprint density at radius 2 is 1.75 bits per heavy atom. The normalized spacial score (nSPS) is 22.1. The van der Waals surface area contributed by atoms with E-state index in [0.717, 1.165) is 6.04 Å². The predicted octanol–water partition coefficient (Wildman–Crippen LogP) is 4.45. The molecule has 0 saturated carbocycles. The third-order valence-corrected chi connectivity index (χ3v) is 5.58. The molecule has 0 aromatic heterocycles. The first-order valence-corrected chi connectivity index (χ1v) is 9.13. The zero-order valence-electron chi connectivity index (χ0n) is 14.7. The van der Waals surface area contributed by atoms with Gasteiger partial charge in [0.15, 0.2) is 0 Å². The van der Waals surface area contributed by atoms with Gasteiger partial charge in [0.05, 0.1) is 0 Å². The third kappa shape index (κ3) is 4.46. The molecule has 1 heterocycles. The summed E-state index contributed by atoms with van der Waals surface area (Å²) >= 11 is 0. The van der Waals surface area contributed by atoms with Gasteiger partial charge in [-0.15, -0.1) is 0 Å². The SMILES string of the molecule is CCCNC(CCC)C(CC)N1CCC(CC)(CC)C1. The molecule has 1 fully saturated rings. The molecule has 1 rings (SSSR count). The second-order valence-electron chi connectivity index (χ2n) is 6.75. The summed E-state index contributed by atoms with van der Waals surface area (Å²) in [7, 11) is 0. The fraction of sp³-hybridized carbons (Fsp3) is 1.00. The minimum Gasteiger partial charge on any atom is -0.312 e. The van der Waals surface area contributed by atoms with Gasteiger partial charge in [0.1, 0.15) is 0 Å². The molecule has 2 atom stereocenters. The molecule has 0 amide bonds. The molecule has 0 aliphatic carbocycles. The lowest BCUT2D eigenvalue weighted by Gasteiger charge is -2.36. The summed E-state index contributed by atoms with van der Waals surface area (Å²) in [4.78, 5) is 2.80. The number of nitrogens with zero attached hydrogens (tertiary/aromatic N) is 1. The van der Waals surface area contributed by atoms with Crippen LogP contribution in [0, 0.1) is 5.41 Å². The summed E-state index contributed by atoms with van der Waals surface area (Å²) in [5, 5.41) is 3.82. The molecule has 0 spiro atoms. The molecule has 1 aliphatic rings. The molecule has 120 valence electrons. The minimum atomic E-state index is 0.606. The largest absolute Gasteiger partial charge is 0.312 e. The Kier molecular flexibility index (Phi) is 8.13. The van der Waals surface area contributed by atoms with Crippen LogP contribution in [-0.2, 0) is 0 Å². The summed E-state index contributed by atoms with van der Waals surface area (Å²) in [6.07, 6.45) is 9.23. The summed E-state index contributed by atoms with van der Waals surface area (Å²) < 4.78 is 0. The zero-order chi connectivity index (χ0) is 15.0. The van der Waals surface area contributed by atoms with E-state index in [-0.39, 0.29) is 0 Å². The van der Waals surface area contributed by atoms with Crippen LogP contribution in [0.25, 0.3) is 0 Å². The van der Waals surface area contributed by atoms with Gasteiger partial charge in [0.25, 0.3) is 0 Å². The van der Waals surface area contributed by atoms with Crippen molar-refractivity contribution in [1.82, 2.24) is 10.2 Å². The van der Waals surface area contributed by atoms with E-state index < -0.39 is 0 Å². The van der Waals surface area contributed by atoms with Gasteiger partial charge < -0.3 is 5.32 Å². The lowest BCUT2D eigenvalue weighted by Crippen LogP contribution is -2.49. The molecule has 1 aliphatic heterocycles. The molecule has 20 heavy (non-hydrogen) atoms. The third-order valence-electron chi connectivity index (χ3n) is 5.58. The average Bonchev–Trinajstić information content (AvgIpc) is 2.90. The fourth-order valence-corrected chi connectivity index (χ4v) is 3.95. The maximum absolute atomic E-state index is 3.82. The van der Waals surface area contributed by atoms with Crippen molar-refractivity contribution in [2.24, 2.45) is 5.41 Å². The monoisotopic (exact) mass is 282 g/mol. The smallest absolute Gasteiger partial charge is 0.0246 e. The molecule has 2 nitrogen and oxygen atoms in total. The number of hydrogen-bond acceptors (Lipinski definition) is 2. The minimum absolute atomic E-state index is 0.606. The van der Waals surface area contributed by atoms with Gasteiger partial charge in [-0.1, -0.05) is 41.0 Å². The van der Waals surface area contributed by atoms with Gasteiger partial charge in [0.2, 0.25) is 0 Å². The van der Waals surface area contributed by atoms with Crippen molar-refractivity contribution >= 4 is 0 Å². The second-order valence-corrected chi connectivity index (χ2v) is 6.75. The van der Waals surface area contributed by atoms with Gasteiger partial charge in [-0.05, 0) is 57.0 Å². The lowest BCUT2D eigenvalue weighted by atomic mass is 9.82. The van der Waals surface area contributed by atoms with Crippen molar-refractivity contribution in [3.63, 3.8) is 0 Å². The standard InChI is InChI=1S/C18H38N2/c1-6-11-16(19-13-7-2)17(8-3)20-14-12-18(9-4,10-5)15-20/h16-17,19H,6-15H2,1-5H3. The van der Waals surface area contributed by atoms with Crippen molar-refractivity contribution in [2.45, 2.75) is 91.6 Å². The average molecular weight is 283 g/mol. The number of rotatable bonds is 10. The highest BCUT2D eigenvalue weighted by Crippen LogP contribution is 2.38. The molecule has 0 radical (unpaired) electrons. The Balaban J connectivity index is 2.68. The van der Waals surface area contributed by atoms with Gasteiger partial charge in [0, 0.05) is 18.6 Å². The van der Waals surface area contributed by atoms with Gasteiger partial charge in [-0.25, -0.2) is 0 Å². The van der Waals surface area contributed by atoms with Crippen LogP contribution >= 0.6 is 0 Å². The molecular formula is C18H38N2. The molecule has 1 N–H and O–H groups in total. The molecule has 0 bridgehead atoms. The zero-order valence-corrected chi connectivity index (χ0v) is 14.7. The highest BCUT2D eigenvalue weighted by Gasteiger charge is 2.38. The van der Waals surface area contributed by atoms with E-state index in [0.29, 0.717) is 11.5 Å². The summed E-state index contributed by atoms with van der Waals surface area (Å²) in [6.45, 7) is 15.5. The predicted molar refractivity (Wildman–Crippen MR) is 90.3 cm³/mol.